The van der Waals surface area contributed by atoms with Crippen molar-refractivity contribution < 1.29 is 9.13 Å². The van der Waals surface area contributed by atoms with Gasteiger partial charge in [-0.05, 0) is 31.9 Å². The summed E-state index contributed by atoms with van der Waals surface area (Å²) in [5.41, 5.74) is 6.61. The molecule has 0 amide bonds. The van der Waals surface area contributed by atoms with E-state index in [4.69, 9.17) is 10.5 Å². The molecule has 1 saturated heterocycles. The van der Waals surface area contributed by atoms with Crippen LogP contribution in [0.1, 0.15) is 31.4 Å². The number of methoxy groups -OCH3 is 1. The molecule has 0 spiro atoms. The Balaban J connectivity index is 2.17. The molecule has 0 aliphatic carbocycles. The van der Waals surface area contributed by atoms with Gasteiger partial charge in [-0.1, -0.05) is 22.0 Å². The van der Waals surface area contributed by atoms with Gasteiger partial charge in [0.1, 0.15) is 5.82 Å². The average molecular weight is 345 g/mol. The fourth-order valence-corrected chi connectivity index (χ4v) is 3.34. The van der Waals surface area contributed by atoms with Crippen LogP contribution < -0.4 is 5.73 Å². The van der Waals surface area contributed by atoms with Crippen molar-refractivity contribution in [3.05, 3.63) is 34.1 Å². The molecule has 2 N–H and O–H groups in total. The van der Waals surface area contributed by atoms with Crippen LogP contribution in [-0.4, -0.2) is 37.2 Å². The molecule has 1 aromatic carbocycles. The summed E-state index contributed by atoms with van der Waals surface area (Å²) in [6.45, 7) is 3.50. The summed E-state index contributed by atoms with van der Waals surface area (Å²) in [5.74, 6) is -0.170. The molecule has 112 valence electrons. The quantitative estimate of drug-likeness (QED) is 0.912. The number of hydrogen-bond donors (Lipinski definition) is 1. The highest BCUT2D eigenvalue weighted by atomic mass is 79.9. The van der Waals surface area contributed by atoms with Crippen LogP contribution in [0.15, 0.2) is 22.7 Å². The lowest BCUT2D eigenvalue weighted by Gasteiger charge is -2.42. The van der Waals surface area contributed by atoms with E-state index >= 15 is 0 Å². The van der Waals surface area contributed by atoms with Crippen molar-refractivity contribution in [3.8, 4) is 0 Å². The Morgan fingerprint density at radius 3 is 2.90 bits per heavy atom. The van der Waals surface area contributed by atoms with E-state index < -0.39 is 0 Å². The Hall–Kier alpha value is -0.490. The molecule has 0 radical (unpaired) electrons. The van der Waals surface area contributed by atoms with E-state index in [1.807, 2.05) is 19.1 Å². The van der Waals surface area contributed by atoms with Gasteiger partial charge in [-0.2, -0.15) is 0 Å². The summed E-state index contributed by atoms with van der Waals surface area (Å²) in [6.07, 6.45) is 2.15. The van der Waals surface area contributed by atoms with Crippen molar-refractivity contribution in [2.75, 3.05) is 20.2 Å². The number of nitrogens with zero attached hydrogens (tertiary/aromatic N) is 1. The van der Waals surface area contributed by atoms with E-state index in [1.54, 1.807) is 7.11 Å². The number of piperidine rings is 1. The SMILES string of the molecule is COC1CCN(C(C)c2ccc(Br)cc2F)C(CN)C1. The fourth-order valence-electron chi connectivity index (χ4n) is 3.01. The lowest BCUT2D eigenvalue weighted by atomic mass is 9.95. The van der Waals surface area contributed by atoms with Crippen LogP contribution in [-0.2, 0) is 4.74 Å². The molecule has 0 aromatic heterocycles. The summed E-state index contributed by atoms with van der Waals surface area (Å²) in [6, 6.07) is 5.51. The van der Waals surface area contributed by atoms with Crippen LogP contribution in [0.3, 0.4) is 0 Å². The highest BCUT2D eigenvalue weighted by Gasteiger charge is 2.31. The molecule has 2 rings (SSSR count). The Bertz CT molecular complexity index is 457. The minimum Gasteiger partial charge on any atom is -0.381 e. The summed E-state index contributed by atoms with van der Waals surface area (Å²) in [4.78, 5) is 2.29. The summed E-state index contributed by atoms with van der Waals surface area (Å²) >= 11 is 3.29. The third-order valence-corrected chi connectivity index (χ3v) is 4.72. The molecule has 3 nitrogen and oxygen atoms in total. The largest absolute Gasteiger partial charge is 0.381 e. The van der Waals surface area contributed by atoms with E-state index in [2.05, 4.69) is 20.8 Å². The summed E-state index contributed by atoms with van der Waals surface area (Å²) < 4.78 is 20.3. The number of ether oxygens (including phenoxy) is 1. The number of benzene rings is 1. The average Bonchev–Trinajstić information content (AvgIpc) is 2.46. The highest BCUT2D eigenvalue weighted by molar-refractivity contribution is 9.10. The predicted molar refractivity (Wildman–Crippen MR) is 82.1 cm³/mol. The van der Waals surface area contributed by atoms with Gasteiger partial charge in [0.05, 0.1) is 6.10 Å². The van der Waals surface area contributed by atoms with E-state index in [-0.39, 0.29) is 24.0 Å². The maximum absolute atomic E-state index is 14.1. The van der Waals surface area contributed by atoms with Gasteiger partial charge in [-0.3, -0.25) is 4.90 Å². The molecular weight excluding hydrogens is 323 g/mol. The van der Waals surface area contributed by atoms with E-state index in [1.165, 1.54) is 6.07 Å². The van der Waals surface area contributed by atoms with Gasteiger partial charge in [0.15, 0.2) is 0 Å². The van der Waals surface area contributed by atoms with Crippen LogP contribution in [0, 0.1) is 5.82 Å². The van der Waals surface area contributed by atoms with Crippen LogP contribution in [0.4, 0.5) is 4.39 Å². The van der Waals surface area contributed by atoms with Crippen LogP contribution in [0.25, 0.3) is 0 Å². The van der Waals surface area contributed by atoms with Crippen molar-refractivity contribution in [1.82, 2.24) is 4.90 Å². The first-order chi connectivity index (χ1) is 9.56. The van der Waals surface area contributed by atoms with E-state index in [0.29, 0.717) is 6.54 Å². The topological polar surface area (TPSA) is 38.5 Å². The predicted octanol–water partition coefficient (Wildman–Crippen LogP) is 3.09. The molecule has 20 heavy (non-hydrogen) atoms. The van der Waals surface area contributed by atoms with E-state index in [9.17, 15) is 4.39 Å². The Morgan fingerprint density at radius 2 is 2.30 bits per heavy atom. The summed E-state index contributed by atoms with van der Waals surface area (Å²) in [5, 5.41) is 0. The van der Waals surface area contributed by atoms with Crippen LogP contribution in [0.2, 0.25) is 0 Å². The minimum absolute atomic E-state index is 0.0226. The molecule has 5 heteroatoms. The molecule has 0 saturated carbocycles. The van der Waals surface area contributed by atoms with Gasteiger partial charge in [0.25, 0.3) is 0 Å². The molecule has 1 aromatic rings. The van der Waals surface area contributed by atoms with Gasteiger partial charge in [-0.15, -0.1) is 0 Å². The lowest BCUT2D eigenvalue weighted by Crippen LogP contribution is -2.49. The van der Waals surface area contributed by atoms with Gasteiger partial charge in [0.2, 0.25) is 0 Å². The maximum Gasteiger partial charge on any atom is 0.129 e. The molecule has 1 aliphatic heterocycles. The fraction of sp³-hybridized carbons (Fsp3) is 0.600. The zero-order valence-corrected chi connectivity index (χ0v) is 13.6. The molecule has 3 atom stereocenters. The smallest absolute Gasteiger partial charge is 0.129 e. The number of rotatable bonds is 4. The van der Waals surface area contributed by atoms with Crippen molar-refractivity contribution in [2.45, 2.75) is 38.0 Å². The van der Waals surface area contributed by atoms with Crippen molar-refractivity contribution in [2.24, 2.45) is 5.73 Å². The first-order valence-electron chi connectivity index (χ1n) is 7.00. The lowest BCUT2D eigenvalue weighted by molar-refractivity contribution is -0.00215. The number of hydrogen-bond acceptors (Lipinski definition) is 3. The van der Waals surface area contributed by atoms with E-state index in [0.717, 1.165) is 29.4 Å². The standard InChI is InChI=1S/C15H22BrFN2O/c1-10(14-4-3-11(16)7-15(14)17)19-6-5-13(20-2)8-12(19)9-18/h3-4,7,10,12-13H,5-6,8-9,18H2,1-2H3. The molecule has 1 aliphatic rings. The second kappa shape index (κ2) is 6.98. The highest BCUT2D eigenvalue weighted by Crippen LogP contribution is 2.31. The van der Waals surface area contributed by atoms with Crippen LogP contribution >= 0.6 is 15.9 Å². The van der Waals surface area contributed by atoms with Crippen molar-refractivity contribution >= 4 is 15.9 Å². The van der Waals surface area contributed by atoms with Crippen molar-refractivity contribution in [1.29, 1.82) is 0 Å². The molecule has 1 heterocycles. The first-order valence-corrected chi connectivity index (χ1v) is 7.79. The van der Waals surface area contributed by atoms with Crippen molar-refractivity contribution in [3.63, 3.8) is 0 Å². The second-order valence-electron chi connectivity index (χ2n) is 5.35. The van der Waals surface area contributed by atoms with Gasteiger partial charge < -0.3 is 10.5 Å². The first kappa shape index (κ1) is 15.9. The van der Waals surface area contributed by atoms with Gasteiger partial charge in [-0.25, -0.2) is 4.39 Å². The Labute approximate surface area is 128 Å². The molecule has 0 bridgehead atoms. The van der Waals surface area contributed by atoms with Gasteiger partial charge in [0, 0.05) is 42.3 Å². The molecule has 1 fully saturated rings. The monoisotopic (exact) mass is 344 g/mol. The third kappa shape index (κ3) is 3.39. The maximum atomic E-state index is 14.1. The normalized spacial score (nSPS) is 25.6. The third-order valence-electron chi connectivity index (χ3n) is 4.23. The number of halogens is 2. The van der Waals surface area contributed by atoms with Gasteiger partial charge >= 0.3 is 0 Å². The number of nitrogens with two attached hydrogens (primary N) is 1. The Morgan fingerprint density at radius 1 is 1.55 bits per heavy atom. The second-order valence-corrected chi connectivity index (χ2v) is 6.27. The molecule has 3 unspecified atom stereocenters. The summed E-state index contributed by atoms with van der Waals surface area (Å²) in [7, 11) is 1.74. The molecular formula is C15H22BrFN2O. The Kier molecular flexibility index (Phi) is 5.55. The van der Waals surface area contributed by atoms with Crippen LogP contribution in [0.5, 0.6) is 0 Å². The number of likely N-dealkylation sites (tertiary alicyclic amines) is 1. The zero-order chi connectivity index (χ0) is 14.7. The zero-order valence-electron chi connectivity index (χ0n) is 12.0. The minimum atomic E-state index is -0.170.